The van der Waals surface area contributed by atoms with Crippen molar-refractivity contribution in [1.29, 1.82) is 0 Å². The maximum absolute atomic E-state index is 13.4. The molecule has 1 unspecified atom stereocenters. The fourth-order valence-corrected chi connectivity index (χ4v) is 1.58. The predicted octanol–water partition coefficient (Wildman–Crippen LogP) is 1.29. The number of amides is 1. The van der Waals surface area contributed by atoms with Gasteiger partial charge in [0.2, 0.25) is 0 Å². The van der Waals surface area contributed by atoms with Crippen LogP contribution in [0.1, 0.15) is 17.3 Å². The Labute approximate surface area is 115 Å². The molecule has 1 aromatic rings. The number of nitrogens with one attached hydrogen (secondary N) is 1. The van der Waals surface area contributed by atoms with Crippen LogP contribution < -0.4 is 5.32 Å². The third-order valence-electron chi connectivity index (χ3n) is 2.29. The smallest absolute Gasteiger partial charge is 0.337 e. The minimum absolute atomic E-state index is 0.122. The van der Waals surface area contributed by atoms with E-state index >= 15 is 0 Å². The predicted molar refractivity (Wildman–Crippen MR) is 64.7 cm³/mol. The molecular formula is C11H10BrF2NO4. The lowest BCUT2D eigenvalue weighted by atomic mass is 10.1. The lowest BCUT2D eigenvalue weighted by molar-refractivity contribution is -0.155. The fraction of sp³-hybridized carbons (Fsp3) is 0.273. The van der Waals surface area contributed by atoms with Crippen molar-refractivity contribution >= 4 is 27.8 Å². The highest BCUT2D eigenvalue weighted by atomic mass is 79.9. The summed E-state index contributed by atoms with van der Waals surface area (Å²) < 4.78 is 27.0. The number of aliphatic hydroxyl groups is 1. The molecule has 0 heterocycles. The number of halogens is 3. The minimum atomic E-state index is -2.22. The van der Waals surface area contributed by atoms with Crippen LogP contribution in [0, 0.1) is 11.6 Å². The Morgan fingerprint density at radius 2 is 1.84 bits per heavy atom. The third-order valence-corrected chi connectivity index (χ3v) is 2.75. The van der Waals surface area contributed by atoms with Crippen molar-refractivity contribution < 1.29 is 28.6 Å². The number of carboxylic acids is 1. The lowest BCUT2D eigenvalue weighted by Crippen LogP contribution is -2.46. The summed E-state index contributed by atoms with van der Waals surface area (Å²) in [5.41, 5.74) is -3.07. The van der Waals surface area contributed by atoms with Gasteiger partial charge in [0.25, 0.3) is 5.91 Å². The summed E-state index contributed by atoms with van der Waals surface area (Å²) in [5.74, 6) is -4.91. The van der Waals surface area contributed by atoms with Crippen molar-refractivity contribution in [2.75, 3.05) is 6.54 Å². The number of carbonyl (C=O) groups excluding carboxylic acids is 1. The van der Waals surface area contributed by atoms with Gasteiger partial charge < -0.3 is 15.5 Å². The summed E-state index contributed by atoms with van der Waals surface area (Å²) in [4.78, 5) is 22.1. The number of carbonyl (C=O) groups is 2. The molecular weight excluding hydrogens is 328 g/mol. The van der Waals surface area contributed by atoms with Crippen LogP contribution in [0.4, 0.5) is 8.78 Å². The lowest BCUT2D eigenvalue weighted by Gasteiger charge is -2.18. The summed E-state index contributed by atoms with van der Waals surface area (Å²) in [6, 6.07) is 1.79. The van der Waals surface area contributed by atoms with Crippen LogP contribution in [-0.2, 0) is 4.79 Å². The Balaban J connectivity index is 2.89. The van der Waals surface area contributed by atoms with E-state index in [1.54, 1.807) is 0 Å². The molecule has 0 aromatic heterocycles. The van der Waals surface area contributed by atoms with Crippen molar-refractivity contribution in [3.8, 4) is 0 Å². The van der Waals surface area contributed by atoms with Crippen LogP contribution >= 0.6 is 15.9 Å². The summed E-state index contributed by atoms with van der Waals surface area (Å²) in [5, 5.41) is 19.9. The van der Waals surface area contributed by atoms with Gasteiger partial charge in [-0.3, -0.25) is 4.79 Å². The average Bonchev–Trinajstić information content (AvgIpc) is 2.24. The quantitative estimate of drug-likeness (QED) is 0.772. The molecule has 8 heteroatoms. The van der Waals surface area contributed by atoms with Gasteiger partial charge in [-0.1, -0.05) is 15.9 Å². The Bertz CT molecular complexity index is 510. The van der Waals surface area contributed by atoms with E-state index in [0.717, 1.165) is 19.1 Å². The minimum Gasteiger partial charge on any atom is -0.479 e. The number of hydrogen-bond acceptors (Lipinski definition) is 3. The van der Waals surface area contributed by atoms with Crippen molar-refractivity contribution in [3.63, 3.8) is 0 Å². The SMILES string of the molecule is CC(O)(CNC(=O)c1c(F)cc(Br)cc1F)C(=O)O. The maximum atomic E-state index is 13.4. The van der Waals surface area contributed by atoms with Crippen molar-refractivity contribution in [2.45, 2.75) is 12.5 Å². The van der Waals surface area contributed by atoms with Gasteiger partial charge in [0, 0.05) is 4.47 Å². The Morgan fingerprint density at radius 1 is 1.37 bits per heavy atom. The average molecular weight is 338 g/mol. The van der Waals surface area contributed by atoms with E-state index in [0.29, 0.717) is 0 Å². The summed E-state index contributed by atoms with van der Waals surface area (Å²) >= 11 is 2.86. The van der Waals surface area contributed by atoms with Gasteiger partial charge in [0.05, 0.1) is 6.54 Å². The molecule has 19 heavy (non-hydrogen) atoms. The molecule has 0 aliphatic heterocycles. The zero-order chi connectivity index (χ0) is 14.8. The van der Waals surface area contributed by atoms with E-state index in [2.05, 4.69) is 15.9 Å². The molecule has 104 valence electrons. The molecule has 0 spiro atoms. The van der Waals surface area contributed by atoms with Crippen molar-refractivity contribution in [1.82, 2.24) is 5.32 Å². The summed E-state index contributed by atoms with van der Waals surface area (Å²) in [6.07, 6.45) is 0. The second-order valence-corrected chi connectivity index (χ2v) is 4.92. The van der Waals surface area contributed by atoms with E-state index < -0.39 is 41.2 Å². The second-order valence-electron chi connectivity index (χ2n) is 4.01. The van der Waals surface area contributed by atoms with Crippen molar-refractivity contribution in [3.05, 3.63) is 33.8 Å². The van der Waals surface area contributed by atoms with Crippen LogP contribution in [-0.4, -0.2) is 34.2 Å². The first-order valence-corrected chi connectivity index (χ1v) is 5.83. The van der Waals surface area contributed by atoms with Crippen LogP contribution in [0.15, 0.2) is 16.6 Å². The molecule has 0 fully saturated rings. The van der Waals surface area contributed by atoms with E-state index in [1.807, 2.05) is 5.32 Å². The zero-order valence-electron chi connectivity index (χ0n) is 9.71. The summed E-state index contributed by atoms with van der Waals surface area (Å²) in [7, 11) is 0. The van der Waals surface area contributed by atoms with E-state index in [4.69, 9.17) is 5.11 Å². The molecule has 0 saturated carbocycles. The monoisotopic (exact) mass is 337 g/mol. The zero-order valence-corrected chi connectivity index (χ0v) is 11.3. The van der Waals surface area contributed by atoms with Gasteiger partial charge in [-0.2, -0.15) is 0 Å². The Morgan fingerprint density at radius 3 is 2.26 bits per heavy atom. The first kappa shape index (κ1) is 15.5. The highest BCUT2D eigenvalue weighted by Gasteiger charge is 2.31. The molecule has 0 aliphatic carbocycles. The number of rotatable bonds is 4. The van der Waals surface area contributed by atoms with Gasteiger partial charge in [0.15, 0.2) is 5.60 Å². The largest absolute Gasteiger partial charge is 0.479 e. The molecule has 1 amide bonds. The van der Waals surface area contributed by atoms with Gasteiger partial charge in [-0.15, -0.1) is 0 Å². The number of hydrogen-bond donors (Lipinski definition) is 3. The fourth-order valence-electron chi connectivity index (χ4n) is 1.18. The number of carboxylic acid groups (broad SMARTS) is 1. The molecule has 1 rings (SSSR count). The topological polar surface area (TPSA) is 86.6 Å². The van der Waals surface area contributed by atoms with Crippen LogP contribution in [0.25, 0.3) is 0 Å². The van der Waals surface area contributed by atoms with Gasteiger partial charge in [-0.25, -0.2) is 13.6 Å². The molecule has 0 saturated heterocycles. The van der Waals surface area contributed by atoms with Crippen molar-refractivity contribution in [2.24, 2.45) is 0 Å². The van der Waals surface area contributed by atoms with Gasteiger partial charge in [-0.05, 0) is 19.1 Å². The van der Waals surface area contributed by atoms with Crippen LogP contribution in [0.2, 0.25) is 0 Å². The van der Waals surface area contributed by atoms with E-state index in [1.165, 1.54) is 0 Å². The highest BCUT2D eigenvalue weighted by Crippen LogP contribution is 2.19. The third kappa shape index (κ3) is 3.71. The molecule has 1 atom stereocenters. The normalized spacial score (nSPS) is 13.7. The molecule has 5 nitrogen and oxygen atoms in total. The molecule has 0 radical (unpaired) electrons. The van der Waals surface area contributed by atoms with Gasteiger partial charge >= 0.3 is 5.97 Å². The number of benzene rings is 1. The van der Waals surface area contributed by atoms with Gasteiger partial charge in [0.1, 0.15) is 17.2 Å². The van der Waals surface area contributed by atoms with E-state index in [-0.39, 0.29) is 4.47 Å². The second kappa shape index (κ2) is 5.62. The van der Waals surface area contributed by atoms with E-state index in [9.17, 15) is 23.5 Å². The molecule has 3 N–H and O–H groups in total. The Kier molecular flexibility index (Phi) is 4.59. The summed E-state index contributed by atoms with van der Waals surface area (Å²) in [6.45, 7) is 0.264. The Hall–Kier alpha value is -1.54. The highest BCUT2D eigenvalue weighted by molar-refractivity contribution is 9.10. The molecule has 0 bridgehead atoms. The maximum Gasteiger partial charge on any atom is 0.337 e. The first-order chi connectivity index (χ1) is 8.65. The van der Waals surface area contributed by atoms with Crippen LogP contribution in [0.5, 0.6) is 0 Å². The number of aliphatic carboxylic acids is 1. The first-order valence-electron chi connectivity index (χ1n) is 5.03. The molecule has 0 aliphatic rings. The standard InChI is InChI=1S/C11H10BrF2NO4/c1-11(19,10(17)18)4-15-9(16)8-6(13)2-5(12)3-7(8)14/h2-3,19H,4H2,1H3,(H,15,16)(H,17,18). The van der Waals surface area contributed by atoms with Crippen LogP contribution in [0.3, 0.4) is 0 Å². The molecule has 1 aromatic carbocycles.